The highest BCUT2D eigenvalue weighted by Crippen LogP contribution is 2.40. The number of aliphatic hydroxyl groups excluding tert-OH is 1. The highest BCUT2D eigenvalue weighted by Gasteiger charge is 2.46. The van der Waals surface area contributed by atoms with Crippen LogP contribution >= 0.6 is 0 Å². The van der Waals surface area contributed by atoms with Crippen molar-refractivity contribution in [3.8, 4) is 11.5 Å². The number of hydrogen-bond donors (Lipinski definition) is 1. The van der Waals surface area contributed by atoms with Gasteiger partial charge >= 0.3 is 0 Å². The molecule has 2 aromatic carbocycles. The van der Waals surface area contributed by atoms with Gasteiger partial charge in [-0.1, -0.05) is 12.1 Å². The fourth-order valence-corrected chi connectivity index (χ4v) is 4.59. The second-order valence-electron chi connectivity index (χ2n) is 8.63. The van der Waals surface area contributed by atoms with E-state index in [2.05, 4.69) is 4.90 Å². The van der Waals surface area contributed by atoms with Gasteiger partial charge in [-0.15, -0.1) is 0 Å². The molecule has 2 aliphatic heterocycles. The summed E-state index contributed by atoms with van der Waals surface area (Å²) in [5.74, 6) is -0.104. The lowest BCUT2D eigenvalue weighted by atomic mass is 9.94. The zero-order chi connectivity index (χ0) is 24.9. The Hall–Kier alpha value is -3.36. The average Bonchev–Trinajstić information content (AvgIpc) is 3.14. The van der Waals surface area contributed by atoms with Gasteiger partial charge in [0, 0.05) is 31.7 Å². The fraction of sp³-hybridized carbons (Fsp3) is 0.407. The first kappa shape index (κ1) is 24.8. The minimum Gasteiger partial charge on any atom is -0.507 e. The molecule has 2 saturated heterocycles. The van der Waals surface area contributed by atoms with Crippen LogP contribution in [0.1, 0.15) is 29.7 Å². The third-order valence-corrected chi connectivity index (χ3v) is 6.48. The number of hydrogen-bond acceptors (Lipinski definition) is 7. The third kappa shape index (κ3) is 5.18. The molecule has 2 fully saturated rings. The molecule has 2 aliphatic rings. The van der Waals surface area contributed by atoms with Gasteiger partial charge in [-0.25, -0.2) is 0 Å². The van der Waals surface area contributed by atoms with Crippen LogP contribution in [0.5, 0.6) is 11.5 Å². The summed E-state index contributed by atoms with van der Waals surface area (Å²) in [6.07, 6.45) is 0. The van der Waals surface area contributed by atoms with Crippen molar-refractivity contribution >= 4 is 17.4 Å². The molecule has 0 saturated carbocycles. The van der Waals surface area contributed by atoms with E-state index in [0.29, 0.717) is 50.0 Å². The van der Waals surface area contributed by atoms with Crippen molar-refractivity contribution in [2.75, 3.05) is 53.1 Å². The minimum atomic E-state index is -0.700. The molecule has 1 unspecified atom stereocenters. The SMILES string of the molecule is CCOc1ccc(C(O)=C2C(=O)C(=O)N(CCN3CCOCC3)C2c2ccc(OC)cc2)cc1C. The Balaban J connectivity index is 1.73. The average molecular weight is 481 g/mol. The second kappa shape index (κ2) is 10.9. The number of nitrogens with zero attached hydrogens (tertiary/aromatic N) is 2. The Labute approximate surface area is 205 Å². The van der Waals surface area contributed by atoms with Crippen molar-refractivity contribution in [3.05, 3.63) is 64.7 Å². The summed E-state index contributed by atoms with van der Waals surface area (Å²) >= 11 is 0. The number of ketones is 1. The molecule has 8 nitrogen and oxygen atoms in total. The number of benzene rings is 2. The van der Waals surface area contributed by atoms with Gasteiger partial charge in [-0.2, -0.15) is 0 Å². The van der Waals surface area contributed by atoms with E-state index in [9.17, 15) is 14.7 Å². The van der Waals surface area contributed by atoms with Crippen LogP contribution < -0.4 is 9.47 Å². The van der Waals surface area contributed by atoms with Gasteiger partial charge < -0.3 is 24.2 Å². The molecule has 0 radical (unpaired) electrons. The quantitative estimate of drug-likeness (QED) is 0.353. The summed E-state index contributed by atoms with van der Waals surface area (Å²) in [4.78, 5) is 30.2. The number of aryl methyl sites for hydroxylation is 1. The van der Waals surface area contributed by atoms with Gasteiger partial charge in [-0.3, -0.25) is 14.5 Å². The summed E-state index contributed by atoms with van der Waals surface area (Å²) < 4.78 is 16.3. The maximum atomic E-state index is 13.3. The van der Waals surface area contributed by atoms with Crippen LogP contribution in [0.15, 0.2) is 48.0 Å². The lowest BCUT2D eigenvalue weighted by molar-refractivity contribution is -0.140. The van der Waals surface area contributed by atoms with Crippen molar-refractivity contribution in [2.24, 2.45) is 0 Å². The highest BCUT2D eigenvalue weighted by molar-refractivity contribution is 6.46. The largest absolute Gasteiger partial charge is 0.507 e. The zero-order valence-corrected chi connectivity index (χ0v) is 20.5. The van der Waals surface area contributed by atoms with Crippen LogP contribution in [-0.2, 0) is 14.3 Å². The van der Waals surface area contributed by atoms with E-state index < -0.39 is 17.7 Å². The van der Waals surface area contributed by atoms with E-state index in [4.69, 9.17) is 14.2 Å². The first-order valence-corrected chi connectivity index (χ1v) is 11.9. The van der Waals surface area contributed by atoms with Crippen molar-refractivity contribution in [1.82, 2.24) is 9.80 Å². The summed E-state index contributed by atoms with van der Waals surface area (Å²) in [6.45, 7) is 8.15. The first-order chi connectivity index (χ1) is 16.9. The predicted octanol–water partition coefficient (Wildman–Crippen LogP) is 3.16. The smallest absolute Gasteiger partial charge is 0.295 e. The maximum absolute atomic E-state index is 13.3. The molecule has 0 aliphatic carbocycles. The number of morpholine rings is 1. The molecule has 8 heteroatoms. The van der Waals surface area contributed by atoms with Gasteiger partial charge in [0.05, 0.1) is 38.5 Å². The number of aliphatic hydroxyl groups is 1. The lowest BCUT2D eigenvalue weighted by Gasteiger charge is -2.31. The number of ether oxygens (including phenoxy) is 3. The van der Waals surface area contributed by atoms with E-state index in [-0.39, 0.29) is 11.3 Å². The number of Topliss-reactive ketones (excluding diaryl/α,β-unsaturated/α-hetero) is 1. The van der Waals surface area contributed by atoms with E-state index in [1.165, 1.54) is 0 Å². The molecule has 0 spiro atoms. The maximum Gasteiger partial charge on any atom is 0.295 e. The normalized spacial score (nSPS) is 20.3. The number of methoxy groups -OCH3 is 1. The minimum absolute atomic E-state index is 0.0886. The summed E-state index contributed by atoms with van der Waals surface area (Å²) in [6, 6.07) is 11.8. The van der Waals surface area contributed by atoms with Crippen LogP contribution in [0.2, 0.25) is 0 Å². The summed E-state index contributed by atoms with van der Waals surface area (Å²) in [7, 11) is 1.58. The van der Waals surface area contributed by atoms with Crippen LogP contribution in [-0.4, -0.2) is 79.7 Å². The molecule has 35 heavy (non-hydrogen) atoms. The number of carbonyl (C=O) groups excluding carboxylic acids is 2. The Morgan fingerprint density at radius 2 is 1.80 bits per heavy atom. The van der Waals surface area contributed by atoms with Crippen LogP contribution in [0.3, 0.4) is 0 Å². The lowest BCUT2D eigenvalue weighted by Crippen LogP contribution is -2.42. The third-order valence-electron chi connectivity index (χ3n) is 6.48. The number of rotatable bonds is 8. The molecule has 2 heterocycles. The Morgan fingerprint density at radius 3 is 2.43 bits per heavy atom. The fourth-order valence-electron chi connectivity index (χ4n) is 4.59. The predicted molar refractivity (Wildman–Crippen MR) is 132 cm³/mol. The van der Waals surface area contributed by atoms with Gasteiger partial charge in [0.2, 0.25) is 0 Å². The number of carbonyl (C=O) groups is 2. The molecule has 4 rings (SSSR count). The molecule has 1 atom stereocenters. The standard InChI is InChI=1S/C27H32N2O6/c1-4-35-22-10-7-20(17-18(22)2)25(30)23-24(19-5-8-21(33-3)9-6-19)29(27(32)26(23)31)12-11-28-13-15-34-16-14-28/h5-10,17,24,30H,4,11-16H2,1-3H3. The molecule has 186 valence electrons. The Bertz CT molecular complexity index is 1110. The molecule has 1 amide bonds. The number of amides is 1. The molecular weight excluding hydrogens is 448 g/mol. The second-order valence-corrected chi connectivity index (χ2v) is 8.63. The van der Waals surface area contributed by atoms with Crippen LogP contribution in [0, 0.1) is 6.92 Å². The monoisotopic (exact) mass is 480 g/mol. The van der Waals surface area contributed by atoms with Crippen molar-refractivity contribution in [2.45, 2.75) is 19.9 Å². The molecule has 0 aromatic heterocycles. The van der Waals surface area contributed by atoms with E-state index in [1.54, 1.807) is 42.3 Å². The highest BCUT2D eigenvalue weighted by atomic mass is 16.5. The van der Waals surface area contributed by atoms with E-state index in [1.807, 2.05) is 26.0 Å². The topological polar surface area (TPSA) is 88.5 Å². The zero-order valence-electron chi connectivity index (χ0n) is 20.5. The molecule has 2 aromatic rings. The van der Waals surface area contributed by atoms with Gasteiger partial charge in [0.1, 0.15) is 17.3 Å². The van der Waals surface area contributed by atoms with Crippen molar-refractivity contribution in [1.29, 1.82) is 0 Å². The van der Waals surface area contributed by atoms with Gasteiger partial charge in [0.25, 0.3) is 11.7 Å². The molecule has 1 N–H and O–H groups in total. The van der Waals surface area contributed by atoms with Crippen molar-refractivity contribution in [3.63, 3.8) is 0 Å². The summed E-state index contributed by atoms with van der Waals surface area (Å²) in [5, 5.41) is 11.3. The Kier molecular flexibility index (Phi) is 7.73. The van der Waals surface area contributed by atoms with Crippen LogP contribution in [0.25, 0.3) is 5.76 Å². The van der Waals surface area contributed by atoms with E-state index in [0.717, 1.165) is 24.2 Å². The van der Waals surface area contributed by atoms with Gasteiger partial charge in [-0.05, 0) is 55.3 Å². The van der Waals surface area contributed by atoms with E-state index >= 15 is 0 Å². The van der Waals surface area contributed by atoms with Gasteiger partial charge in [0.15, 0.2) is 0 Å². The number of likely N-dealkylation sites (tertiary alicyclic amines) is 1. The van der Waals surface area contributed by atoms with Crippen molar-refractivity contribution < 1.29 is 28.9 Å². The molecule has 0 bridgehead atoms. The first-order valence-electron chi connectivity index (χ1n) is 11.9. The summed E-state index contributed by atoms with van der Waals surface area (Å²) in [5.41, 5.74) is 2.12. The Morgan fingerprint density at radius 1 is 1.09 bits per heavy atom. The molecular formula is C27H32N2O6. The van der Waals surface area contributed by atoms with Crippen LogP contribution in [0.4, 0.5) is 0 Å².